The van der Waals surface area contributed by atoms with Crippen molar-refractivity contribution in [2.45, 2.75) is 20.0 Å². The summed E-state index contributed by atoms with van der Waals surface area (Å²) >= 11 is 0. The number of likely N-dealkylation sites (N-methyl/N-ethyl adjacent to an activating group) is 1. The van der Waals surface area contributed by atoms with Crippen LogP contribution in [0.2, 0.25) is 0 Å². The fourth-order valence-electron chi connectivity index (χ4n) is 4.24. The van der Waals surface area contributed by atoms with Gasteiger partial charge in [0.2, 0.25) is 0 Å². The molecule has 5 rings (SSSR count). The summed E-state index contributed by atoms with van der Waals surface area (Å²) in [4.78, 5) is 2.40. The van der Waals surface area contributed by atoms with E-state index in [1.807, 2.05) is 54.6 Å². The van der Waals surface area contributed by atoms with Gasteiger partial charge in [-0.25, -0.2) is 13.5 Å². The fraction of sp³-hybridized carbons (Fsp3) is 0.222. The number of halogens is 2. The maximum Gasteiger partial charge on any atom is 0.194 e. The van der Waals surface area contributed by atoms with Gasteiger partial charge in [-0.05, 0) is 47.9 Å². The van der Waals surface area contributed by atoms with Gasteiger partial charge in [0, 0.05) is 18.5 Å². The highest BCUT2D eigenvalue weighted by Gasteiger charge is 2.20. The summed E-state index contributed by atoms with van der Waals surface area (Å²) in [5, 5.41) is 4.71. The van der Waals surface area contributed by atoms with E-state index in [1.54, 1.807) is 0 Å². The monoisotopic (exact) mass is 445 g/mol. The van der Waals surface area contributed by atoms with E-state index in [1.165, 1.54) is 22.5 Å². The van der Waals surface area contributed by atoms with E-state index < -0.39 is 17.4 Å². The molecule has 4 nitrogen and oxygen atoms in total. The number of benzene rings is 3. The molecule has 6 heteroatoms. The second kappa shape index (κ2) is 9.16. The van der Waals surface area contributed by atoms with Gasteiger partial charge in [0.05, 0.1) is 11.9 Å². The first kappa shape index (κ1) is 21.3. The van der Waals surface area contributed by atoms with E-state index in [0.717, 1.165) is 37.2 Å². The summed E-state index contributed by atoms with van der Waals surface area (Å²) in [6, 6.07) is 18.5. The molecular weight excluding hydrogens is 420 g/mol. The second-order valence-electron chi connectivity index (χ2n) is 8.19. The summed E-state index contributed by atoms with van der Waals surface area (Å²) in [7, 11) is 0. The van der Waals surface area contributed by atoms with Crippen LogP contribution in [0.25, 0.3) is 22.2 Å². The minimum absolute atomic E-state index is 0.0770. The van der Waals surface area contributed by atoms with Crippen molar-refractivity contribution in [1.82, 2.24) is 14.7 Å². The predicted molar refractivity (Wildman–Crippen MR) is 126 cm³/mol. The molecule has 0 aliphatic carbocycles. The quantitative estimate of drug-likeness (QED) is 0.365. The molecule has 0 N–H and O–H groups in total. The van der Waals surface area contributed by atoms with Crippen molar-refractivity contribution >= 4 is 16.5 Å². The molecule has 0 atom stereocenters. The molecule has 0 saturated heterocycles. The third-order valence-corrected chi connectivity index (χ3v) is 6.15. The zero-order valence-electron chi connectivity index (χ0n) is 18.5. The maximum absolute atomic E-state index is 15.4. The number of aromatic nitrogens is 2. The van der Waals surface area contributed by atoms with Crippen molar-refractivity contribution in [3.8, 4) is 11.4 Å². The Bertz CT molecular complexity index is 1300. The van der Waals surface area contributed by atoms with Crippen molar-refractivity contribution in [1.29, 1.82) is 0 Å². The van der Waals surface area contributed by atoms with Crippen LogP contribution in [0.15, 0.2) is 72.9 Å². The van der Waals surface area contributed by atoms with Crippen molar-refractivity contribution in [2.75, 3.05) is 19.6 Å². The van der Waals surface area contributed by atoms with Crippen LogP contribution < -0.4 is 4.74 Å². The lowest BCUT2D eigenvalue weighted by atomic mass is 9.99. The van der Waals surface area contributed by atoms with Gasteiger partial charge >= 0.3 is 0 Å². The summed E-state index contributed by atoms with van der Waals surface area (Å²) < 4.78 is 37.0. The molecule has 0 spiro atoms. The molecule has 0 saturated carbocycles. The molecule has 33 heavy (non-hydrogen) atoms. The van der Waals surface area contributed by atoms with Crippen LogP contribution in [0.4, 0.5) is 8.78 Å². The minimum atomic E-state index is -0.753. The number of hydrogen-bond donors (Lipinski definition) is 0. The van der Waals surface area contributed by atoms with Gasteiger partial charge < -0.3 is 4.74 Å². The average molecular weight is 446 g/mol. The Balaban J connectivity index is 1.44. The van der Waals surface area contributed by atoms with Crippen molar-refractivity contribution < 1.29 is 13.5 Å². The smallest absolute Gasteiger partial charge is 0.194 e. The van der Waals surface area contributed by atoms with Gasteiger partial charge in [-0.1, -0.05) is 55.5 Å². The third kappa shape index (κ3) is 4.26. The van der Waals surface area contributed by atoms with Crippen molar-refractivity contribution in [2.24, 2.45) is 0 Å². The number of fused-ring (bicyclic) bond motifs is 1. The molecule has 1 aromatic heterocycles. The normalized spacial score (nSPS) is 14.5. The topological polar surface area (TPSA) is 30.3 Å². The van der Waals surface area contributed by atoms with Gasteiger partial charge in [0.1, 0.15) is 12.1 Å². The molecule has 1 aliphatic rings. The van der Waals surface area contributed by atoms with E-state index in [4.69, 9.17) is 4.74 Å². The van der Waals surface area contributed by atoms with E-state index in [-0.39, 0.29) is 12.1 Å². The first-order valence-corrected chi connectivity index (χ1v) is 11.2. The first-order chi connectivity index (χ1) is 16.1. The number of nitrogens with zero attached hydrogens (tertiary/aromatic N) is 3. The minimum Gasteiger partial charge on any atom is -0.483 e. The predicted octanol–water partition coefficient (Wildman–Crippen LogP) is 5.99. The Kier molecular flexibility index (Phi) is 5.92. The van der Waals surface area contributed by atoms with Crippen molar-refractivity contribution in [3.05, 3.63) is 95.7 Å². The lowest BCUT2D eigenvalue weighted by Crippen LogP contribution is -2.27. The van der Waals surface area contributed by atoms with Gasteiger partial charge in [0.25, 0.3) is 0 Å². The van der Waals surface area contributed by atoms with E-state index >= 15 is 4.39 Å². The molecule has 2 heterocycles. The molecule has 0 fully saturated rings. The number of rotatable bonds is 6. The summed E-state index contributed by atoms with van der Waals surface area (Å²) in [5.74, 6) is -1.88. The van der Waals surface area contributed by atoms with E-state index in [2.05, 4.69) is 23.0 Å². The van der Waals surface area contributed by atoms with Crippen LogP contribution in [-0.2, 0) is 6.61 Å². The molecule has 0 bridgehead atoms. The number of hydrogen-bond acceptors (Lipinski definition) is 3. The Labute approximate surface area is 191 Å². The highest BCUT2D eigenvalue weighted by molar-refractivity contribution is 5.83. The maximum atomic E-state index is 15.4. The lowest BCUT2D eigenvalue weighted by Gasteiger charge is -2.25. The van der Waals surface area contributed by atoms with Crippen LogP contribution in [0.5, 0.6) is 5.75 Å². The van der Waals surface area contributed by atoms with Crippen LogP contribution >= 0.6 is 0 Å². The zero-order chi connectivity index (χ0) is 22.8. The molecule has 168 valence electrons. The average Bonchev–Trinajstić information content (AvgIpc) is 3.28. The Hall–Kier alpha value is -3.51. The van der Waals surface area contributed by atoms with Gasteiger partial charge in [-0.2, -0.15) is 5.10 Å². The summed E-state index contributed by atoms with van der Waals surface area (Å²) in [5.41, 5.74) is 4.22. The number of ether oxygens (including phenoxy) is 1. The van der Waals surface area contributed by atoms with Crippen LogP contribution in [0.3, 0.4) is 0 Å². The first-order valence-electron chi connectivity index (χ1n) is 11.2. The Morgan fingerprint density at radius 3 is 2.52 bits per heavy atom. The van der Waals surface area contributed by atoms with Gasteiger partial charge in [-0.3, -0.25) is 4.90 Å². The lowest BCUT2D eigenvalue weighted by molar-refractivity contribution is 0.275. The summed E-state index contributed by atoms with van der Waals surface area (Å²) in [6.45, 7) is 5.31. The van der Waals surface area contributed by atoms with Crippen LogP contribution in [0, 0.1) is 11.6 Å². The van der Waals surface area contributed by atoms with E-state index in [9.17, 15) is 4.39 Å². The van der Waals surface area contributed by atoms with Crippen LogP contribution in [-0.4, -0.2) is 34.3 Å². The van der Waals surface area contributed by atoms with E-state index in [0.29, 0.717) is 11.1 Å². The van der Waals surface area contributed by atoms with Gasteiger partial charge in [0.15, 0.2) is 17.4 Å². The molecule has 0 amide bonds. The molecule has 0 radical (unpaired) electrons. The molecule has 1 aliphatic heterocycles. The van der Waals surface area contributed by atoms with Crippen molar-refractivity contribution in [3.63, 3.8) is 0 Å². The summed E-state index contributed by atoms with van der Waals surface area (Å²) in [6.07, 6.45) is 4.75. The Morgan fingerprint density at radius 2 is 1.82 bits per heavy atom. The third-order valence-electron chi connectivity index (χ3n) is 6.15. The molecule has 3 aromatic carbocycles. The highest BCUT2D eigenvalue weighted by Crippen LogP contribution is 2.32. The zero-order valence-corrected chi connectivity index (χ0v) is 18.5. The highest BCUT2D eigenvalue weighted by atomic mass is 19.1. The fourth-order valence-corrected chi connectivity index (χ4v) is 4.24. The van der Waals surface area contributed by atoms with Crippen LogP contribution in [0.1, 0.15) is 24.5 Å². The molecular formula is C27H25F2N3O. The Morgan fingerprint density at radius 1 is 1.03 bits per heavy atom. The van der Waals surface area contributed by atoms with Gasteiger partial charge in [-0.15, -0.1) is 0 Å². The molecule has 0 unspecified atom stereocenters. The standard InChI is InChI=1S/C27H25F2N3O/c1-2-31-14-12-21(13-15-31)20-8-10-23(11-9-20)32-26-22(17-30-32)16-24(28)27(25(26)29)33-18-19-6-4-3-5-7-19/h3-12,16-17H,2,13-15,18H2,1H3. The SMILES string of the molecule is CCN1CC=C(c2ccc(-n3ncc4cc(F)c(OCc5ccccc5)c(F)c43)cc2)CC1. The second-order valence-corrected chi connectivity index (χ2v) is 8.19. The largest absolute Gasteiger partial charge is 0.483 e. The molecule has 4 aromatic rings.